The molecule has 152 valence electrons. The Bertz CT molecular complexity index is 1200. The van der Waals surface area contributed by atoms with Crippen molar-refractivity contribution in [2.24, 2.45) is 20.5 Å². The zero-order valence-electron chi connectivity index (χ0n) is 15.8. The van der Waals surface area contributed by atoms with Crippen molar-refractivity contribution < 1.29 is 29.7 Å². The fourth-order valence-electron chi connectivity index (χ4n) is 2.62. The molecule has 0 amide bonds. The number of aromatic nitrogens is 2. The van der Waals surface area contributed by atoms with Gasteiger partial charge in [0.1, 0.15) is 0 Å². The van der Waals surface area contributed by atoms with Crippen LogP contribution in [-0.4, -0.2) is 30.5 Å². The molecule has 2 heterocycles. The predicted octanol–water partition coefficient (Wildman–Crippen LogP) is 4.88. The fourth-order valence-corrected chi connectivity index (χ4v) is 2.70. The molecule has 6 N–H and O–H groups in total. The molecule has 0 saturated heterocycles. The number of amidine groups is 2. The van der Waals surface area contributed by atoms with Crippen LogP contribution < -0.4 is 0 Å². The summed E-state index contributed by atoms with van der Waals surface area (Å²) in [5.41, 5.74) is 2.14. The number of nitrogens with one attached hydrogen (secondary N) is 4. The van der Waals surface area contributed by atoms with Gasteiger partial charge in [0.25, 0.3) is 0 Å². The Labute approximate surface area is 199 Å². The molecular weight excluding hydrogens is 490 g/mol. The van der Waals surface area contributed by atoms with Crippen LogP contribution in [0.25, 0.3) is 21.8 Å². The van der Waals surface area contributed by atoms with E-state index in [4.69, 9.17) is 10.8 Å². The van der Waals surface area contributed by atoms with Gasteiger partial charge in [0, 0.05) is 21.1 Å². The van der Waals surface area contributed by atoms with Crippen molar-refractivity contribution in [1.82, 2.24) is 9.97 Å². The van der Waals surface area contributed by atoms with Crippen LogP contribution in [0.5, 0.6) is 11.8 Å². The number of H-pyrrole nitrogens is 2. The number of rotatable bonds is 2. The normalized spacial score (nSPS) is 10.8. The van der Waals surface area contributed by atoms with Gasteiger partial charge in [-0.2, -0.15) is 10.2 Å². The minimum absolute atomic E-state index is 0. The Hall–Kier alpha value is -3.28. The molecule has 2 aromatic heterocycles. The molecule has 13 heteroatoms. The molecule has 0 aliphatic heterocycles. The molecular formula is C18H14N8O2S2Zn. The summed E-state index contributed by atoms with van der Waals surface area (Å²) in [4.78, 5) is 5.50. The summed E-state index contributed by atoms with van der Waals surface area (Å²) in [6.45, 7) is 0. The fraction of sp³-hybridized carbons (Fsp3) is 0. The third-order valence-corrected chi connectivity index (χ3v) is 3.96. The number of fused-ring (bicyclic) bond motifs is 2. The monoisotopic (exact) mass is 502 g/mol. The number of nitrogens with zero attached hydrogens (tertiary/aromatic N) is 4. The number of hydrogen-bond donors (Lipinski definition) is 6. The van der Waals surface area contributed by atoms with Crippen LogP contribution in [0.2, 0.25) is 0 Å². The Morgan fingerprint density at radius 1 is 0.710 bits per heavy atom. The zero-order chi connectivity index (χ0) is 21.7. The maximum Gasteiger partial charge on any atom is 2.00 e. The van der Waals surface area contributed by atoms with Crippen molar-refractivity contribution in [2.75, 3.05) is 0 Å². The maximum absolute atomic E-state index is 9.53. The summed E-state index contributed by atoms with van der Waals surface area (Å²) in [5.74, 6) is -0.146. The first-order valence-electron chi connectivity index (χ1n) is 8.30. The molecule has 10 nitrogen and oxygen atoms in total. The molecule has 0 spiro atoms. The van der Waals surface area contributed by atoms with Gasteiger partial charge < -0.3 is 56.3 Å². The molecule has 4 rings (SSSR count). The second kappa shape index (κ2) is 10.7. The Kier molecular flexibility index (Phi) is 8.25. The summed E-state index contributed by atoms with van der Waals surface area (Å²) in [7, 11) is 0. The summed E-state index contributed by atoms with van der Waals surface area (Å²) >= 11 is 8.90. The first-order valence-corrected chi connectivity index (χ1v) is 9.12. The molecule has 0 saturated carbocycles. The molecule has 31 heavy (non-hydrogen) atoms. The van der Waals surface area contributed by atoms with Gasteiger partial charge in [-0.15, -0.1) is 10.2 Å². The smallest absolute Gasteiger partial charge is 0.739 e. The molecule has 0 bridgehead atoms. The van der Waals surface area contributed by atoms with E-state index in [1.807, 2.05) is 36.4 Å². The van der Waals surface area contributed by atoms with Crippen molar-refractivity contribution in [2.45, 2.75) is 0 Å². The van der Waals surface area contributed by atoms with Gasteiger partial charge in [0.2, 0.25) is 11.8 Å². The van der Waals surface area contributed by atoms with Gasteiger partial charge >= 0.3 is 19.5 Å². The second-order valence-electron chi connectivity index (χ2n) is 5.75. The van der Waals surface area contributed by atoms with Crippen LogP contribution in [0.3, 0.4) is 0 Å². The van der Waals surface area contributed by atoms with E-state index < -0.39 is 0 Å². The van der Waals surface area contributed by atoms with Gasteiger partial charge in [-0.25, -0.2) is 0 Å². The second-order valence-corrected chi connectivity index (χ2v) is 6.52. The SMILES string of the molecule is N=C([S-])N=Nc1c(O)[nH]c2ccccc12.N=C([S-])N=Nc1c(O)[nH]c2ccccc12.[Zn+2]. The summed E-state index contributed by atoms with van der Waals surface area (Å²) in [5, 5.41) is 48.1. The number of aromatic amines is 2. The third kappa shape index (κ3) is 5.88. The first kappa shape index (κ1) is 24.0. The van der Waals surface area contributed by atoms with E-state index in [0.29, 0.717) is 11.4 Å². The van der Waals surface area contributed by atoms with Crippen molar-refractivity contribution in [3.8, 4) is 11.8 Å². The standard InChI is InChI=1S/2C9H8N4OS.Zn/c2*10-9(15)13-12-7-5-3-1-2-4-6(5)11-8(7)14;/h2*1-4,11,14H,(H2,10,15);/q;;+2/p-2. The molecule has 0 fully saturated rings. The largest absolute Gasteiger partial charge is 2.00 e. The Morgan fingerprint density at radius 2 is 1.06 bits per heavy atom. The van der Waals surface area contributed by atoms with Crippen molar-refractivity contribution >= 4 is 68.8 Å². The molecule has 4 aromatic rings. The predicted molar refractivity (Wildman–Crippen MR) is 119 cm³/mol. The topological polar surface area (TPSA) is 169 Å². The zero-order valence-corrected chi connectivity index (χ0v) is 20.4. The molecule has 2 aromatic carbocycles. The molecule has 0 unspecified atom stereocenters. The van der Waals surface area contributed by atoms with Gasteiger partial charge in [0.05, 0.1) is 11.0 Å². The minimum Gasteiger partial charge on any atom is -0.739 e. The first-order chi connectivity index (χ1) is 14.4. The van der Waals surface area contributed by atoms with Gasteiger partial charge in [-0.05, 0) is 12.1 Å². The van der Waals surface area contributed by atoms with Gasteiger partial charge in [-0.1, -0.05) is 36.4 Å². The number of benzene rings is 2. The quantitative estimate of drug-likeness (QED) is 0.0753. The van der Waals surface area contributed by atoms with Crippen LogP contribution in [0, 0.1) is 10.8 Å². The molecule has 0 aliphatic rings. The van der Waals surface area contributed by atoms with E-state index >= 15 is 0 Å². The average Bonchev–Trinajstić information content (AvgIpc) is 3.20. The number of para-hydroxylation sites is 2. The minimum atomic E-state index is -0.320. The van der Waals surface area contributed by atoms with Crippen LogP contribution in [-0.2, 0) is 44.7 Å². The van der Waals surface area contributed by atoms with Gasteiger partial charge in [0.15, 0.2) is 11.4 Å². The summed E-state index contributed by atoms with van der Waals surface area (Å²) in [6.07, 6.45) is 0. The average molecular weight is 504 g/mol. The van der Waals surface area contributed by atoms with Crippen LogP contribution in [0.15, 0.2) is 69.0 Å². The van der Waals surface area contributed by atoms with E-state index in [1.165, 1.54) is 0 Å². The van der Waals surface area contributed by atoms with Crippen molar-refractivity contribution in [1.29, 1.82) is 10.8 Å². The van der Waals surface area contributed by atoms with E-state index in [2.05, 4.69) is 55.7 Å². The van der Waals surface area contributed by atoms with E-state index in [9.17, 15) is 10.2 Å². The number of aromatic hydroxyl groups is 2. The maximum atomic E-state index is 9.53. The number of azo groups is 2. The third-order valence-electron chi connectivity index (χ3n) is 3.80. The number of hydrogen-bond acceptors (Lipinski definition) is 8. The van der Waals surface area contributed by atoms with Crippen molar-refractivity contribution in [3.63, 3.8) is 0 Å². The van der Waals surface area contributed by atoms with Crippen LogP contribution >= 0.6 is 0 Å². The van der Waals surface area contributed by atoms with Crippen LogP contribution in [0.4, 0.5) is 11.4 Å². The van der Waals surface area contributed by atoms with E-state index in [1.54, 1.807) is 12.1 Å². The molecule has 0 atom stereocenters. The summed E-state index contributed by atoms with van der Waals surface area (Å²) < 4.78 is 0. The summed E-state index contributed by atoms with van der Waals surface area (Å²) in [6, 6.07) is 14.6. The van der Waals surface area contributed by atoms with Crippen molar-refractivity contribution in [3.05, 3.63) is 48.5 Å². The Morgan fingerprint density at radius 3 is 1.42 bits per heavy atom. The molecule has 0 radical (unpaired) electrons. The van der Waals surface area contributed by atoms with Gasteiger partial charge in [-0.3, -0.25) is 0 Å². The molecule has 0 aliphatic carbocycles. The van der Waals surface area contributed by atoms with E-state index in [0.717, 1.165) is 21.8 Å². The van der Waals surface area contributed by atoms with Crippen LogP contribution in [0.1, 0.15) is 0 Å². The van der Waals surface area contributed by atoms with E-state index in [-0.39, 0.29) is 41.6 Å². The Balaban J connectivity index is 0.000000213.